The maximum Gasteiger partial charge on any atom is 0.291 e. The fraction of sp³-hybridized carbons (Fsp3) is 0.217. The lowest BCUT2D eigenvalue weighted by molar-refractivity contribution is 0.0987. The highest BCUT2D eigenvalue weighted by Gasteiger charge is 2.29. The maximum absolute atomic E-state index is 13.2. The average molecular weight is 399 g/mol. The number of nitrogens with one attached hydrogen (secondary N) is 1. The van der Waals surface area contributed by atoms with Crippen LogP contribution in [-0.2, 0) is 13.0 Å². The molecule has 0 atom stereocenters. The third-order valence-electron chi connectivity index (χ3n) is 5.22. The predicted octanol–water partition coefficient (Wildman–Crippen LogP) is 3.62. The first-order chi connectivity index (χ1) is 14.6. The summed E-state index contributed by atoms with van der Waals surface area (Å²) in [5, 5.41) is 11.9. The van der Waals surface area contributed by atoms with Crippen molar-refractivity contribution in [3.05, 3.63) is 77.4 Å². The van der Waals surface area contributed by atoms with Crippen molar-refractivity contribution in [2.45, 2.75) is 25.8 Å². The minimum atomic E-state index is -0.394. The molecule has 1 aliphatic heterocycles. The number of carbonyl (C=O) groups is 2. The Kier molecular flexibility index (Phi) is 5.31. The quantitative estimate of drug-likeness (QED) is 0.725. The fourth-order valence-electron chi connectivity index (χ4n) is 3.67. The van der Waals surface area contributed by atoms with Gasteiger partial charge in [0.2, 0.25) is 0 Å². The van der Waals surface area contributed by atoms with Crippen LogP contribution in [0, 0.1) is 11.3 Å². The SMILES string of the molecule is CN(C(=O)c1nc(C(=O)Nc2cccc(C#N)c2)n2c1CCCC2)c1ccccc1. The second kappa shape index (κ2) is 8.21. The molecule has 0 aliphatic carbocycles. The summed E-state index contributed by atoms with van der Waals surface area (Å²) in [7, 11) is 1.71. The molecule has 2 aromatic carbocycles. The van der Waals surface area contributed by atoms with E-state index in [1.54, 1.807) is 36.2 Å². The fourth-order valence-corrected chi connectivity index (χ4v) is 3.67. The molecular weight excluding hydrogens is 378 g/mol. The van der Waals surface area contributed by atoms with E-state index in [-0.39, 0.29) is 11.7 Å². The molecule has 7 heteroatoms. The van der Waals surface area contributed by atoms with Gasteiger partial charge in [-0.05, 0) is 49.6 Å². The first-order valence-electron chi connectivity index (χ1n) is 9.82. The summed E-state index contributed by atoms with van der Waals surface area (Å²) >= 11 is 0. The summed E-state index contributed by atoms with van der Waals surface area (Å²) in [5.41, 5.74) is 2.85. The van der Waals surface area contributed by atoms with E-state index in [1.165, 1.54) is 0 Å². The number of rotatable bonds is 4. The number of para-hydroxylation sites is 1. The molecule has 30 heavy (non-hydrogen) atoms. The zero-order valence-electron chi connectivity index (χ0n) is 16.6. The van der Waals surface area contributed by atoms with E-state index in [9.17, 15) is 9.59 Å². The molecule has 0 saturated heterocycles. The van der Waals surface area contributed by atoms with E-state index < -0.39 is 5.91 Å². The molecule has 1 aromatic heterocycles. The van der Waals surface area contributed by atoms with E-state index in [4.69, 9.17) is 5.26 Å². The van der Waals surface area contributed by atoms with Gasteiger partial charge in [0.05, 0.1) is 17.3 Å². The average Bonchev–Trinajstić information content (AvgIpc) is 3.18. The van der Waals surface area contributed by atoms with Gasteiger partial charge in [-0.2, -0.15) is 5.26 Å². The number of amides is 2. The Morgan fingerprint density at radius 2 is 1.93 bits per heavy atom. The number of carbonyl (C=O) groups excluding carboxylic acids is 2. The van der Waals surface area contributed by atoms with Crippen LogP contribution < -0.4 is 10.2 Å². The summed E-state index contributed by atoms with van der Waals surface area (Å²) in [5.74, 6) is -0.413. The molecular formula is C23H21N5O2. The number of hydrogen-bond acceptors (Lipinski definition) is 4. The molecule has 1 aliphatic rings. The van der Waals surface area contributed by atoms with Crippen LogP contribution in [0.5, 0.6) is 0 Å². The molecule has 1 N–H and O–H groups in total. The van der Waals surface area contributed by atoms with Crippen molar-refractivity contribution in [2.75, 3.05) is 17.3 Å². The van der Waals surface area contributed by atoms with Crippen LogP contribution in [-0.4, -0.2) is 28.4 Å². The van der Waals surface area contributed by atoms with Gasteiger partial charge in [0.1, 0.15) is 0 Å². The Morgan fingerprint density at radius 3 is 2.70 bits per heavy atom. The number of nitriles is 1. The molecule has 0 radical (unpaired) electrons. The number of benzene rings is 2. The minimum Gasteiger partial charge on any atom is -0.323 e. The summed E-state index contributed by atoms with van der Waals surface area (Å²) in [6, 6.07) is 18.1. The smallest absolute Gasteiger partial charge is 0.291 e. The third-order valence-corrected chi connectivity index (χ3v) is 5.22. The van der Waals surface area contributed by atoms with E-state index in [1.807, 2.05) is 34.9 Å². The maximum atomic E-state index is 13.2. The van der Waals surface area contributed by atoms with Crippen molar-refractivity contribution in [2.24, 2.45) is 0 Å². The Hall–Kier alpha value is -3.92. The highest BCUT2D eigenvalue weighted by atomic mass is 16.2. The summed E-state index contributed by atoms with van der Waals surface area (Å²) in [6.45, 7) is 0.644. The predicted molar refractivity (Wildman–Crippen MR) is 113 cm³/mol. The van der Waals surface area contributed by atoms with Crippen LogP contribution >= 0.6 is 0 Å². The first-order valence-corrected chi connectivity index (χ1v) is 9.82. The topological polar surface area (TPSA) is 91.0 Å². The zero-order valence-corrected chi connectivity index (χ0v) is 16.6. The van der Waals surface area contributed by atoms with Gasteiger partial charge in [-0.3, -0.25) is 9.59 Å². The first kappa shape index (κ1) is 19.4. The zero-order chi connectivity index (χ0) is 21.1. The van der Waals surface area contributed by atoms with Crippen LogP contribution in [0.4, 0.5) is 11.4 Å². The Morgan fingerprint density at radius 1 is 1.13 bits per heavy atom. The summed E-state index contributed by atoms with van der Waals surface area (Å²) < 4.78 is 1.85. The normalized spacial score (nSPS) is 12.5. The lowest BCUT2D eigenvalue weighted by Gasteiger charge is -2.19. The van der Waals surface area contributed by atoms with E-state index in [2.05, 4.69) is 16.4 Å². The number of nitrogens with zero attached hydrogens (tertiary/aromatic N) is 4. The molecule has 0 saturated carbocycles. The molecule has 7 nitrogen and oxygen atoms in total. The second-order valence-corrected chi connectivity index (χ2v) is 7.19. The number of fused-ring (bicyclic) bond motifs is 1. The molecule has 3 aromatic rings. The standard InChI is InChI=1S/C23H21N5O2/c1-27(18-10-3-2-4-11-18)23(30)20-19-12-5-6-13-28(19)21(26-20)22(29)25-17-9-7-8-16(14-17)15-24/h2-4,7-11,14H,5-6,12-13H2,1H3,(H,25,29). The van der Waals surface area contributed by atoms with Gasteiger partial charge < -0.3 is 14.8 Å². The molecule has 150 valence electrons. The minimum absolute atomic E-state index is 0.219. The lowest BCUT2D eigenvalue weighted by atomic mass is 10.1. The Labute approximate surface area is 174 Å². The highest BCUT2D eigenvalue weighted by Crippen LogP contribution is 2.24. The van der Waals surface area contributed by atoms with Crippen molar-refractivity contribution in [1.29, 1.82) is 5.26 Å². The number of hydrogen-bond donors (Lipinski definition) is 1. The van der Waals surface area contributed by atoms with Crippen LogP contribution in [0.2, 0.25) is 0 Å². The molecule has 2 heterocycles. The number of aromatic nitrogens is 2. The van der Waals surface area contributed by atoms with Crippen LogP contribution in [0.25, 0.3) is 0 Å². The van der Waals surface area contributed by atoms with Gasteiger partial charge in [-0.15, -0.1) is 0 Å². The second-order valence-electron chi connectivity index (χ2n) is 7.19. The van der Waals surface area contributed by atoms with Crippen molar-refractivity contribution in [3.63, 3.8) is 0 Å². The lowest BCUT2D eigenvalue weighted by Crippen LogP contribution is -2.28. The van der Waals surface area contributed by atoms with Crippen molar-refractivity contribution in [3.8, 4) is 6.07 Å². The molecule has 0 spiro atoms. The van der Waals surface area contributed by atoms with Gasteiger partial charge in [0.25, 0.3) is 11.8 Å². The van der Waals surface area contributed by atoms with Crippen molar-refractivity contribution < 1.29 is 9.59 Å². The summed E-state index contributed by atoms with van der Waals surface area (Å²) in [6.07, 6.45) is 2.58. The van der Waals surface area contributed by atoms with E-state index in [0.29, 0.717) is 29.9 Å². The van der Waals surface area contributed by atoms with E-state index in [0.717, 1.165) is 24.2 Å². The Bertz CT molecular complexity index is 1140. The van der Waals surface area contributed by atoms with Crippen LogP contribution in [0.1, 0.15) is 45.2 Å². The van der Waals surface area contributed by atoms with Crippen LogP contribution in [0.3, 0.4) is 0 Å². The van der Waals surface area contributed by atoms with Gasteiger partial charge in [0, 0.05) is 25.0 Å². The number of anilines is 2. The molecule has 0 fully saturated rings. The van der Waals surface area contributed by atoms with Gasteiger partial charge >= 0.3 is 0 Å². The van der Waals surface area contributed by atoms with Crippen LogP contribution in [0.15, 0.2) is 54.6 Å². The molecule has 4 rings (SSSR count). The monoisotopic (exact) mass is 399 g/mol. The largest absolute Gasteiger partial charge is 0.323 e. The van der Waals surface area contributed by atoms with Gasteiger partial charge in [-0.1, -0.05) is 24.3 Å². The third kappa shape index (κ3) is 3.67. The van der Waals surface area contributed by atoms with Gasteiger partial charge in [0.15, 0.2) is 11.5 Å². The highest BCUT2D eigenvalue weighted by molar-refractivity contribution is 6.07. The number of imidazole rings is 1. The molecule has 2 amide bonds. The van der Waals surface area contributed by atoms with Crippen molar-refractivity contribution >= 4 is 23.2 Å². The van der Waals surface area contributed by atoms with E-state index >= 15 is 0 Å². The molecule has 0 bridgehead atoms. The summed E-state index contributed by atoms with van der Waals surface area (Å²) in [4.78, 5) is 32.2. The molecule has 0 unspecified atom stereocenters. The van der Waals surface area contributed by atoms with Crippen molar-refractivity contribution in [1.82, 2.24) is 9.55 Å². The Balaban J connectivity index is 1.66. The van der Waals surface area contributed by atoms with Gasteiger partial charge in [-0.25, -0.2) is 4.98 Å².